The number of nitrogens with one attached hydrogen (secondary N) is 2. The molecule has 0 fully saturated rings. The number of rotatable bonds is 6. The fraction of sp³-hybridized carbons (Fsp3) is 0.308. The SMILES string of the molecule is CC(C)(C)c1cc(NC(=O)Nc2ccc(C#Cc3ccc(OCCCCl)c(C(F)(F)F)c3)cc2)no1. The number of hydrogen-bond donors (Lipinski definition) is 2. The van der Waals surface area contributed by atoms with Crippen molar-refractivity contribution in [1.82, 2.24) is 5.16 Å². The third kappa shape index (κ3) is 7.68. The Kier molecular flexibility index (Phi) is 8.53. The van der Waals surface area contributed by atoms with Gasteiger partial charge in [-0.25, -0.2) is 4.79 Å². The molecular formula is C26H25ClF3N3O3. The number of anilines is 2. The van der Waals surface area contributed by atoms with Crippen LogP contribution in [0.4, 0.5) is 29.5 Å². The molecule has 10 heteroatoms. The highest BCUT2D eigenvalue weighted by Crippen LogP contribution is 2.37. The van der Waals surface area contributed by atoms with E-state index in [9.17, 15) is 18.0 Å². The predicted molar refractivity (Wildman–Crippen MR) is 133 cm³/mol. The Morgan fingerprint density at radius 3 is 2.31 bits per heavy atom. The van der Waals surface area contributed by atoms with Crippen molar-refractivity contribution in [1.29, 1.82) is 0 Å². The Balaban J connectivity index is 1.65. The van der Waals surface area contributed by atoms with Crippen molar-refractivity contribution in [2.24, 2.45) is 0 Å². The number of amides is 2. The van der Waals surface area contributed by atoms with Gasteiger partial charge in [0, 0.05) is 34.2 Å². The molecule has 2 amide bonds. The number of ether oxygens (including phenoxy) is 1. The minimum Gasteiger partial charge on any atom is -0.493 e. The normalized spacial score (nSPS) is 11.4. The molecule has 2 aromatic carbocycles. The van der Waals surface area contributed by atoms with Crippen molar-refractivity contribution < 1.29 is 27.2 Å². The summed E-state index contributed by atoms with van der Waals surface area (Å²) < 4.78 is 50.8. The summed E-state index contributed by atoms with van der Waals surface area (Å²) in [7, 11) is 0. The number of urea groups is 1. The van der Waals surface area contributed by atoms with E-state index in [-0.39, 0.29) is 29.2 Å². The molecular weight excluding hydrogens is 495 g/mol. The third-order valence-electron chi connectivity index (χ3n) is 4.81. The van der Waals surface area contributed by atoms with Gasteiger partial charge in [-0.3, -0.25) is 5.32 Å². The number of aromatic nitrogens is 1. The van der Waals surface area contributed by atoms with E-state index in [1.807, 2.05) is 20.8 Å². The molecule has 0 saturated heterocycles. The van der Waals surface area contributed by atoms with Crippen LogP contribution in [0.1, 0.15) is 49.6 Å². The second-order valence-electron chi connectivity index (χ2n) is 8.83. The molecule has 0 aliphatic rings. The fourth-order valence-corrected chi connectivity index (χ4v) is 3.05. The summed E-state index contributed by atoms with van der Waals surface area (Å²) in [6, 6.07) is 11.4. The summed E-state index contributed by atoms with van der Waals surface area (Å²) in [5.74, 6) is 6.51. The van der Waals surface area contributed by atoms with E-state index in [1.165, 1.54) is 12.1 Å². The molecule has 6 nitrogen and oxygen atoms in total. The lowest BCUT2D eigenvalue weighted by Crippen LogP contribution is -2.19. The smallest absolute Gasteiger partial charge is 0.420 e. The van der Waals surface area contributed by atoms with Crippen LogP contribution in [-0.4, -0.2) is 23.7 Å². The van der Waals surface area contributed by atoms with Gasteiger partial charge in [0.2, 0.25) is 0 Å². The molecule has 0 saturated carbocycles. The monoisotopic (exact) mass is 519 g/mol. The van der Waals surface area contributed by atoms with Crippen LogP contribution < -0.4 is 15.4 Å². The van der Waals surface area contributed by atoms with Crippen molar-refractivity contribution >= 4 is 29.1 Å². The van der Waals surface area contributed by atoms with Crippen molar-refractivity contribution in [3.05, 3.63) is 71.0 Å². The number of carbonyl (C=O) groups is 1. The minimum atomic E-state index is -4.58. The molecule has 2 N–H and O–H groups in total. The van der Waals surface area contributed by atoms with Crippen LogP contribution in [0.2, 0.25) is 0 Å². The summed E-state index contributed by atoms with van der Waals surface area (Å²) in [6.45, 7) is 5.98. The van der Waals surface area contributed by atoms with Gasteiger partial charge in [-0.15, -0.1) is 11.6 Å². The standard InChI is InChI=1S/C26H25ClF3N3O3/c1-25(2,3)22-16-23(33-36-22)32-24(34)31-19-10-7-17(8-11-19)5-6-18-9-12-21(35-14-4-13-27)20(15-18)26(28,29)30/h7-12,15-16H,4,13-14H2,1-3H3,(H2,31,32,33,34). The Bertz CT molecular complexity index is 1250. The van der Waals surface area contributed by atoms with Crippen molar-refractivity contribution in [2.75, 3.05) is 23.1 Å². The van der Waals surface area contributed by atoms with Gasteiger partial charge in [0.1, 0.15) is 11.5 Å². The van der Waals surface area contributed by atoms with Gasteiger partial charge in [0.25, 0.3) is 0 Å². The Labute approximate surface area is 212 Å². The summed E-state index contributed by atoms with van der Waals surface area (Å²) in [5.41, 5.74) is 0.111. The average molecular weight is 520 g/mol. The zero-order valence-electron chi connectivity index (χ0n) is 19.9. The molecule has 0 spiro atoms. The maximum Gasteiger partial charge on any atom is 0.420 e. The molecule has 1 heterocycles. The molecule has 3 rings (SSSR count). The first-order chi connectivity index (χ1) is 17.0. The fourth-order valence-electron chi connectivity index (χ4n) is 2.94. The van der Waals surface area contributed by atoms with Gasteiger partial charge >= 0.3 is 12.2 Å². The molecule has 3 aromatic rings. The van der Waals surface area contributed by atoms with Gasteiger partial charge in [0.15, 0.2) is 5.82 Å². The quantitative estimate of drug-likeness (QED) is 0.208. The largest absolute Gasteiger partial charge is 0.493 e. The molecule has 0 unspecified atom stereocenters. The van der Waals surface area contributed by atoms with Crippen LogP contribution in [0.25, 0.3) is 0 Å². The topological polar surface area (TPSA) is 76.4 Å². The maximum atomic E-state index is 13.4. The van der Waals surface area contributed by atoms with Crippen molar-refractivity contribution in [3.63, 3.8) is 0 Å². The van der Waals surface area contributed by atoms with Gasteiger partial charge in [0.05, 0.1) is 12.2 Å². The van der Waals surface area contributed by atoms with E-state index in [0.29, 0.717) is 29.3 Å². The molecule has 0 atom stereocenters. The van der Waals surface area contributed by atoms with Crippen molar-refractivity contribution in [2.45, 2.75) is 38.8 Å². The first-order valence-corrected chi connectivity index (χ1v) is 11.6. The predicted octanol–water partition coefficient (Wildman–Crippen LogP) is 7.04. The first-order valence-electron chi connectivity index (χ1n) is 11.0. The summed E-state index contributed by atoms with van der Waals surface area (Å²) in [4.78, 5) is 12.2. The van der Waals surface area contributed by atoms with E-state index in [4.69, 9.17) is 20.9 Å². The molecule has 0 aliphatic heterocycles. The number of halogens is 4. The number of alkyl halides is 4. The van der Waals surface area contributed by atoms with E-state index in [2.05, 4.69) is 27.6 Å². The van der Waals surface area contributed by atoms with Crippen LogP contribution >= 0.6 is 11.6 Å². The second-order valence-corrected chi connectivity index (χ2v) is 9.21. The summed E-state index contributed by atoms with van der Waals surface area (Å²) >= 11 is 5.55. The van der Waals surface area contributed by atoms with E-state index in [0.717, 1.165) is 6.07 Å². The third-order valence-corrected chi connectivity index (χ3v) is 5.07. The lowest BCUT2D eigenvalue weighted by molar-refractivity contribution is -0.139. The number of carbonyl (C=O) groups excluding carboxylic acids is 1. The number of nitrogens with zero attached hydrogens (tertiary/aromatic N) is 1. The Morgan fingerprint density at radius 2 is 1.69 bits per heavy atom. The van der Waals surface area contributed by atoms with Crippen LogP contribution in [0, 0.1) is 11.8 Å². The zero-order chi connectivity index (χ0) is 26.3. The maximum absolute atomic E-state index is 13.4. The highest BCUT2D eigenvalue weighted by Gasteiger charge is 2.34. The Morgan fingerprint density at radius 1 is 1.03 bits per heavy atom. The molecule has 0 aliphatic carbocycles. The van der Waals surface area contributed by atoms with Crippen LogP contribution in [0.5, 0.6) is 5.75 Å². The van der Waals surface area contributed by atoms with Gasteiger partial charge in [-0.05, 0) is 48.9 Å². The van der Waals surface area contributed by atoms with Gasteiger partial charge in [-0.2, -0.15) is 13.2 Å². The lowest BCUT2D eigenvalue weighted by atomic mass is 9.93. The van der Waals surface area contributed by atoms with Crippen LogP contribution in [-0.2, 0) is 11.6 Å². The van der Waals surface area contributed by atoms with Crippen molar-refractivity contribution in [3.8, 4) is 17.6 Å². The second kappa shape index (κ2) is 11.4. The molecule has 36 heavy (non-hydrogen) atoms. The molecule has 190 valence electrons. The van der Waals surface area contributed by atoms with E-state index in [1.54, 1.807) is 30.3 Å². The Hall–Kier alpha value is -3.64. The zero-order valence-corrected chi connectivity index (χ0v) is 20.7. The van der Waals surface area contributed by atoms with E-state index < -0.39 is 17.8 Å². The minimum absolute atomic E-state index is 0.0898. The van der Waals surface area contributed by atoms with Gasteiger partial charge in [-0.1, -0.05) is 37.8 Å². The summed E-state index contributed by atoms with van der Waals surface area (Å²) in [5, 5.41) is 9.08. The molecule has 0 bridgehead atoms. The number of hydrogen-bond acceptors (Lipinski definition) is 4. The number of benzene rings is 2. The highest BCUT2D eigenvalue weighted by molar-refractivity contribution is 6.17. The molecule has 0 radical (unpaired) electrons. The van der Waals surface area contributed by atoms with Crippen LogP contribution in [0.3, 0.4) is 0 Å². The average Bonchev–Trinajstić information content (AvgIpc) is 3.27. The lowest BCUT2D eigenvalue weighted by Gasteiger charge is -2.14. The van der Waals surface area contributed by atoms with Gasteiger partial charge < -0.3 is 14.6 Å². The molecule has 1 aromatic heterocycles. The first kappa shape index (κ1) is 27.0. The highest BCUT2D eigenvalue weighted by atomic mass is 35.5. The summed E-state index contributed by atoms with van der Waals surface area (Å²) in [6.07, 6.45) is -4.15. The van der Waals surface area contributed by atoms with E-state index >= 15 is 0 Å². The van der Waals surface area contributed by atoms with Crippen LogP contribution in [0.15, 0.2) is 53.1 Å².